The van der Waals surface area contributed by atoms with E-state index in [0.29, 0.717) is 23.7 Å². The fraction of sp³-hybridized carbons (Fsp3) is 0.318. The van der Waals surface area contributed by atoms with Gasteiger partial charge >= 0.3 is 168 Å². The number of aryl methyl sites for hydroxylation is 1. The summed E-state index contributed by atoms with van der Waals surface area (Å²) in [5.74, 6) is 1.97. The molecule has 0 bridgehead atoms. The zero-order valence-corrected chi connectivity index (χ0v) is 19.6. The second kappa shape index (κ2) is 10.4. The zero-order valence-electron chi connectivity index (χ0n) is 16.6. The van der Waals surface area contributed by atoms with Gasteiger partial charge in [0, 0.05) is 0 Å². The van der Waals surface area contributed by atoms with Gasteiger partial charge in [0.15, 0.2) is 0 Å². The summed E-state index contributed by atoms with van der Waals surface area (Å²) in [4.78, 5) is 17.2. The van der Waals surface area contributed by atoms with Crippen LogP contribution in [0.2, 0.25) is 0 Å². The van der Waals surface area contributed by atoms with E-state index in [1.807, 2.05) is 44.5 Å². The molecule has 6 nitrogen and oxygen atoms in total. The van der Waals surface area contributed by atoms with E-state index in [1.54, 1.807) is 24.4 Å². The van der Waals surface area contributed by atoms with Crippen molar-refractivity contribution < 1.29 is 33.6 Å². The molecule has 0 spiro atoms. The Morgan fingerprint density at radius 1 is 1.28 bits per heavy atom. The number of nitrogens with zero attached hydrogens (tertiary/aromatic N) is 2. The van der Waals surface area contributed by atoms with Crippen LogP contribution >= 0.6 is 0 Å². The first-order chi connectivity index (χ1) is 14.0. The number of imidazole rings is 1. The summed E-state index contributed by atoms with van der Waals surface area (Å²) in [7, 11) is 0. The van der Waals surface area contributed by atoms with Crippen LogP contribution in [0.15, 0.2) is 55.0 Å². The molecular formula is C22H25N3O3W. The third kappa shape index (κ3) is 6.01. The van der Waals surface area contributed by atoms with E-state index in [0.717, 1.165) is 29.1 Å². The van der Waals surface area contributed by atoms with Crippen LogP contribution in [0.3, 0.4) is 0 Å². The molecule has 0 saturated carbocycles. The molecule has 2 heterocycles. The van der Waals surface area contributed by atoms with Crippen molar-refractivity contribution in [1.29, 1.82) is 0 Å². The van der Waals surface area contributed by atoms with Crippen LogP contribution in [0.1, 0.15) is 42.9 Å². The number of carbonyl (C=O) groups is 1. The number of allylic oxidation sites excluding steroid dienone is 3. The van der Waals surface area contributed by atoms with Crippen LogP contribution < -0.4 is 14.8 Å². The summed E-state index contributed by atoms with van der Waals surface area (Å²) in [6.07, 6.45) is 13.1. The summed E-state index contributed by atoms with van der Waals surface area (Å²) in [5, 5.41) is 2.80. The van der Waals surface area contributed by atoms with Crippen LogP contribution in [-0.4, -0.2) is 32.1 Å². The van der Waals surface area contributed by atoms with Gasteiger partial charge < -0.3 is 0 Å². The predicted molar refractivity (Wildman–Crippen MR) is 109 cm³/mol. The van der Waals surface area contributed by atoms with E-state index in [9.17, 15) is 4.79 Å². The van der Waals surface area contributed by atoms with Crippen molar-refractivity contribution in [2.45, 2.75) is 39.3 Å². The molecular weight excluding hydrogens is 538 g/mol. The zero-order chi connectivity index (χ0) is 20.6. The Labute approximate surface area is 182 Å². The summed E-state index contributed by atoms with van der Waals surface area (Å²) >= 11 is 1.34. The fourth-order valence-corrected chi connectivity index (χ4v) is 3.81. The van der Waals surface area contributed by atoms with Crippen molar-refractivity contribution in [2.75, 3.05) is 6.61 Å². The number of hydrogen-bond donors (Lipinski definition) is 1. The van der Waals surface area contributed by atoms with Crippen LogP contribution in [0.25, 0.3) is 0 Å². The Morgan fingerprint density at radius 2 is 2.14 bits per heavy atom. The van der Waals surface area contributed by atoms with Gasteiger partial charge in [-0.15, -0.1) is 0 Å². The van der Waals surface area contributed by atoms with E-state index in [1.165, 1.54) is 19.4 Å². The standard InChI is InChI=1S/C22H25N3O3.W/c1-17(2)28-18-9-10-20-19(16-18)22(26)24-11-5-3-4-8-21-23-12-14-25(21)13-6-7-15-27-20;/h3-5,9-12,14,16-17H,6-7,13,15H2,1-2H3,(H,24,26);. The van der Waals surface area contributed by atoms with Gasteiger partial charge in [0.05, 0.1) is 0 Å². The number of hydrogen-bond acceptors (Lipinski definition) is 4. The first-order valence-corrected chi connectivity index (χ1v) is 11.1. The number of rotatable bonds is 2. The van der Waals surface area contributed by atoms with Crippen LogP contribution in [0.5, 0.6) is 11.5 Å². The maximum atomic E-state index is 12.7. The van der Waals surface area contributed by atoms with Crippen LogP contribution in [0.4, 0.5) is 0 Å². The molecule has 0 unspecified atom stereocenters. The molecule has 1 aliphatic rings. The molecule has 0 saturated heterocycles. The molecule has 1 amide bonds. The van der Waals surface area contributed by atoms with Crippen molar-refractivity contribution in [2.24, 2.45) is 0 Å². The molecule has 1 aromatic heterocycles. The summed E-state index contributed by atoms with van der Waals surface area (Å²) in [6.45, 7) is 5.33. The second-order valence-corrected chi connectivity index (χ2v) is 8.46. The monoisotopic (exact) mass is 563 g/mol. The van der Waals surface area contributed by atoms with Gasteiger partial charge in [-0.1, -0.05) is 0 Å². The Kier molecular flexibility index (Phi) is 7.59. The van der Waals surface area contributed by atoms with Crippen molar-refractivity contribution >= 4 is 9.81 Å². The first-order valence-electron chi connectivity index (χ1n) is 9.67. The maximum absolute atomic E-state index is 12.7. The molecule has 0 radical (unpaired) electrons. The van der Waals surface area contributed by atoms with Crippen LogP contribution in [0, 0.1) is 0 Å². The number of carbonyl (C=O) groups excluding carboxylic acids is 1. The van der Waals surface area contributed by atoms with Gasteiger partial charge in [0.2, 0.25) is 0 Å². The minimum absolute atomic E-state index is 0.0305. The molecule has 1 N–H and O–H groups in total. The topological polar surface area (TPSA) is 65.4 Å². The SMILES string of the molecule is CC(C)Oc1ccc2c(c1)C(=O)NC=CC=C[C](=[W])c1nccn1CCCCO2. The summed E-state index contributed by atoms with van der Waals surface area (Å²) < 4.78 is 15.0. The average molecular weight is 563 g/mol. The molecule has 152 valence electrons. The van der Waals surface area contributed by atoms with E-state index >= 15 is 0 Å². The Morgan fingerprint density at radius 3 is 2.97 bits per heavy atom. The molecule has 0 fully saturated rings. The van der Waals surface area contributed by atoms with Crippen molar-refractivity contribution in [1.82, 2.24) is 14.9 Å². The first kappa shape index (κ1) is 21.3. The molecule has 2 aromatic rings. The predicted octanol–water partition coefficient (Wildman–Crippen LogP) is 3.41. The number of benzene rings is 1. The van der Waals surface area contributed by atoms with Crippen molar-refractivity contribution in [3.8, 4) is 11.5 Å². The normalized spacial score (nSPS) is 15.4. The third-order valence-electron chi connectivity index (χ3n) is 4.22. The number of nitrogens with one attached hydrogen (secondary N) is 1. The Hall–Kier alpha value is -2.46. The quantitative estimate of drug-likeness (QED) is 0.609. The second-order valence-electron chi connectivity index (χ2n) is 6.88. The minimum atomic E-state index is -0.229. The van der Waals surface area contributed by atoms with Gasteiger partial charge in [0.1, 0.15) is 0 Å². The number of ether oxygens (including phenoxy) is 2. The van der Waals surface area contributed by atoms with Crippen LogP contribution in [-0.2, 0) is 25.9 Å². The number of aromatic nitrogens is 2. The van der Waals surface area contributed by atoms with Gasteiger partial charge in [-0.3, -0.25) is 0 Å². The number of fused-ring (bicyclic) bond motifs is 2. The molecule has 0 atom stereocenters. The summed E-state index contributed by atoms with van der Waals surface area (Å²) in [5.41, 5.74) is 0.466. The molecule has 1 aliphatic heterocycles. The van der Waals surface area contributed by atoms with E-state index in [2.05, 4.69) is 14.9 Å². The van der Waals surface area contributed by atoms with E-state index < -0.39 is 0 Å². The number of amides is 1. The average Bonchev–Trinajstić information content (AvgIpc) is 3.15. The Bertz CT molecular complexity index is 931. The van der Waals surface area contributed by atoms with Crippen molar-refractivity contribution in [3.05, 3.63) is 66.4 Å². The summed E-state index contributed by atoms with van der Waals surface area (Å²) in [6, 6.07) is 5.37. The van der Waals surface area contributed by atoms with Crippen molar-refractivity contribution in [3.63, 3.8) is 0 Å². The van der Waals surface area contributed by atoms with Gasteiger partial charge in [0.25, 0.3) is 0 Å². The third-order valence-corrected chi connectivity index (χ3v) is 5.37. The van der Waals surface area contributed by atoms with Gasteiger partial charge in [-0.25, -0.2) is 0 Å². The van der Waals surface area contributed by atoms with E-state index in [4.69, 9.17) is 9.47 Å². The molecule has 29 heavy (non-hydrogen) atoms. The molecule has 7 heteroatoms. The van der Waals surface area contributed by atoms with Gasteiger partial charge in [-0.05, 0) is 13.8 Å². The molecule has 0 aliphatic carbocycles. The molecule has 3 rings (SSSR count). The van der Waals surface area contributed by atoms with E-state index in [-0.39, 0.29) is 12.0 Å². The Balaban J connectivity index is 1.82. The van der Waals surface area contributed by atoms with Gasteiger partial charge in [-0.2, -0.15) is 0 Å². The fourth-order valence-electron chi connectivity index (χ4n) is 2.91. The molecule has 1 aromatic carbocycles.